The molecule has 20 heavy (non-hydrogen) atoms. The summed E-state index contributed by atoms with van der Waals surface area (Å²) in [6.07, 6.45) is 0. The van der Waals surface area contributed by atoms with E-state index in [1.54, 1.807) is 6.92 Å². The molecule has 104 valence electrons. The highest BCUT2D eigenvalue weighted by Crippen LogP contribution is 2.22. The number of hydrogen-bond acceptors (Lipinski definition) is 4. The molecule has 0 atom stereocenters. The highest BCUT2D eigenvalue weighted by Gasteiger charge is 2.29. The molecule has 0 saturated carbocycles. The minimum absolute atomic E-state index is 0.0396. The second-order valence-electron chi connectivity index (χ2n) is 4.68. The number of urea groups is 1. The van der Waals surface area contributed by atoms with Crippen molar-refractivity contribution in [2.75, 3.05) is 19.0 Å². The number of carbonyl (C=O) groups is 3. The number of benzene rings is 1. The van der Waals surface area contributed by atoms with E-state index in [2.05, 4.69) is 10.6 Å². The van der Waals surface area contributed by atoms with Gasteiger partial charge in [-0.2, -0.15) is 0 Å². The second-order valence-corrected chi connectivity index (χ2v) is 4.68. The van der Waals surface area contributed by atoms with Crippen LogP contribution in [0.4, 0.5) is 10.5 Å². The normalized spacial score (nSPS) is 14.8. The lowest BCUT2D eigenvalue weighted by atomic mass is 9.99. The summed E-state index contributed by atoms with van der Waals surface area (Å²) >= 11 is 0. The lowest BCUT2D eigenvalue weighted by molar-refractivity contribution is -0.123. The summed E-state index contributed by atoms with van der Waals surface area (Å²) in [6.45, 7) is 1.68. The molecule has 2 rings (SSSR count). The highest BCUT2D eigenvalue weighted by molar-refractivity contribution is 6.32. The van der Waals surface area contributed by atoms with Gasteiger partial charge in [-0.1, -0.05) is 12.1 Å². The topological polar surface area (TPSA) is 78.5 Å². The third-order valence-electron chi connectivity index (χ3n) is 3.10. The molecular formula is C14H15N3O3. The van der Waals surface area contributed by atoms with Gasteiger partial charge in [0.15, 0.2) is 0 Å². The number of amides is 4. The number of imide groups is 2. The van der Waals surface area contributed by atoms with Crippen molar-refractivity contribution in [2.24, 2.45) is 0 Å². The van der Waals surface area contributed by atoms with Crippen LogP contribution in [0.2, 0.25) is 0 Å². The Morgan fingerprint density at radius 2 is 1.45 bits per heavy atom. The van der Waals surface area contributed by atoms with Crippen molar-refractivity contribution in [1.82, 2.24) is 10.6 Å². The number of nitrogens with zero attached hydrogens (tertiary/aromatic N) is 1. The number of rotatable bonds is 2. The molecule has 0 radical (unpaired) electrons. The molecule has 0 spiro atoms. The van der Waals surface area contributed by atoms with E-state index in [-0.39, 0.29) is 5.57 Å². The van der Waals surface area contributed by atoms with Gasteiger partial charge in [0.05, 0.1) is 0 Å². The Hall–Kier alpha value is -2.63. The van der Waals surface area contributed by atoms with Crippen LogP contribution in [0.1, 0.15) is 12.5 Å². The molecule has 0 bridgehead atoms. The Bertz CT molecular complexity index is 593. The van der Waals surface area contributed by atoms with Crippen LogP contribution in [0.3, 0.4) is 0 Å². The SMILES string of the molecule is CC(=C1C(=O)NC(=O)NC1=O)c1ccc(N(C)C)cc1. The summed E-state index contributed by atoms with van der Waals surface area (Å²) in [5.74, 6) is -1.35. The van der Waals surface area contributed by atoms with Crippen LogP contribution in [0.5, 0.6) is 0 Å². The average molecular weight is 273 g/mol. The summed E-state index contributed by atoms with van der Waals surface area (Å²) in [4.78, 5) is 36.5. The van der Waals surface area contributed by atoms with E-state index in [9.17, 15) is 14.4 Å². The third-order valence-corrected chi connectivity index (χ3v) is 3.10. The van der Waals surface area contributed by atoms with E-state index in [4.69, 9.17) is 0 Å². The molecule has 1 aliphatic rings. The van der Waals surface area contributed by atoms with E-state index >= 15 is 0 Å². The summed E-state index contributed by atoms with van der Waals surface area (Å²) in [7, 11) is 3.85. The van der Waals surface area contributed by atoms with E-state index in [1.165, 1.54) is 0 Å². The predicted molar refractivity (Wildman–Crippen MR) is 75.0 cm³/mol. The third kappa shape index (κ3) is 2.54. The smallest absolute Gasteiger partial charge is 0.328 e. The molecule has 1 fully saturated rings. The Balaban J connectivity index is 2.40. The van der Waals surface area contributed by atoms with Crippen LogP contribution in [0, 0.1) is 0 Å². The molecule has 1 aliphatic heterocycles. The Morgan fingerprint density at radius 3 is 1.90 bits per heavy atom. The molecule has 6 heteroatoms. The predicted octanol–water partition coefficient (Wildman–Crippen LogP) is 0.892. The fourth-order valence-corrected chi connectivity index (χ4v) is 1.96. The van der Waals surface area contributed by atoms with Gasteiger partial charge < -0.3 is 4.90 Å². The van der Waals surface area contributed by atoms with Crippen molar-refractivity contribution >= 4 is 29.1 Å². The summed E-state index contributed by atoms with van der Waals surface area (Å²) < 4.78 is 0. The maximum Gasteiger partial charge on any atom is 0.328 e. The van der Waals surface area contributed by atoms with E-state index in [1.807, 2.05) is 43.3 Å². The lowest BCUT2D eigenvalue weighted by Crippen LogP contribution is -2.51. The number of anilines is 1. The Labute approximate surface area is 116 Å². The van der Waals surface area contributed by atoms with Gasteiger partial charge in [-0.25, -0.2) is 4.79 Å². The van der Waals surface area contributed by atoms with Crippen molar-refractivity contribution in [1.29, 1.82) is 0 Å². The number of nitrogens with one attached hydrogen (secondary N) is 2. The first-order valence-electron chi connectivity index (χ1n) is 6.05. The first kappa shape index (κ1) is 13.8. The maximum atomic E-state index is 11.7. The maximum absolute atomic E-state index is 11.7. The number of carbonyl (C=O) groups excluding carboxylic acids is 3. The van der Waals surface area contributed by atoms with Gasteiger partial charge in [0.2, 0.25) is 0 Å². The molecule has 0 unspecified atom stereocenters. The summed E-state index contributed by atoms with van der Waals surface area (Å²) in [5.41, 5.74) is 2.25. The zero-order chi connectivity index (χ0) is 14.9. The minimum Gasteiger partial charge on any atom is -0.378 e. The van der Waals surface area contributed by atoms with Crippen LogP contribution in [-0.4, -0.2) is 31.9 Å². The van der Waals surface area contributed by atoms with Crippen LogP contribution < -0.4 is 15.5 Å². The largest absolute Gasteiger partial charge is 0.378 e. The molecular weight excluding hydrogens is 258 g/mol. The zero-order valence-corrected chi connectivity index (χ0v) is 11.5. The molecule has 6 nitrogen and oxygen atoms in total. The molecule has 1 heterocycles. The van der Waals surface area contributed by atoms with Gasteiger partial charge in [0, 0.05) is 19.8 Å². The van der Waals surface area contributed by atoms with Gasteiger partial charge in [0.25, 0.3) is 11.8 Å². The van der Waals surface area contributed by atoms with Crippen molar-refractivity contribution in [2.45, 2.75) is 6.92 Å². The zero-order valence-electron chi connectivity index (χ0n) is 11.5. The van der Waals surface area contributed by atoms with Crippen LogP contribution in [0.15, 0.2) is 29.8 Å². The van der Waals surface area contributed by atoms with E-state index in [0.717, 1.165) is 11.3 Å². The van der Waals surface area contributed by atoms with Gasteiger partial charge >= 0.3 is 6.03 Å². The number of barbiturate groups is 1. The second kappa shape index (κ2) is 5.16. The van der Waals surface area contributed by atoms with Gasteiger partial charge in [0.1, 0.15) is 5.57 Å². The lowest BCUT2D eigenvalue weighted by Gasteiger charge is -2.17. The van der Waals surface area contributed by atoms with E-state index in [0.29, 0.717) is 5.57 Å². The highest BCUT2D eigenvalue weighted by atomic mass is 16.2. The Morgan fingerprint density at radius 1 is 0.950 bits per heavy atom. The molecule has 1 aromatic rings. The number of hydrogen-bond donors (Lipinski definition) is 2. The molecule has 1 aromatic carbocycles. The first-order valence-corrected chi connectivity index (χ1v) is 6.05. The standard InChI is InChI=1S/C14H15N3O3/c1-8(9-4-6-10(7-5-9)17(2)3)11-12(18)15-14(20)16-13(11)19/h4-7H,1-3H3,(H2,15,16,18,19,20). The average Bonchev–Trinajstić information content (AvgIpc) is 2.37. The molecule has 1 saturated heterocycles. The van der Waals surface area contributed by atoms with Gasteiger partial charge in [-0.05, 0) is 30.2 Å². The fourth-order valence-electron chi connectivity index (χ4n) is 1.96. The minimum atomic E-state index is -0.792. The monoisotopic (exact) mass is 273 g/mol. The van der Waals surface area contributed by atoms with E-state index < -0.39 is 17.8 Å². The van der Waals surface area contributed by atoms with Crippen molar-refractivity contribution < 1.29 is 14.4 Å². The van der Waals surface area contributed by atoms with Crippen molar-refractivity contribution in [3.8, 4) is 0 Å². The van der Waals surface area contributed by atoms with Crippen LogP contribution in [-0.2, 0) is 9.59 Å². The van der Waals surface area contributed by atoms with Crippen molar-refractivity contribution in [3.63, 3.8) is 0 Å². The molecule has 0 aliphatic carbocycles. The number of allylic oxidation sites excluding steroid dienone is 1. The molecule has 2 N–H and O–H groups in total. The quantitative estimate of drug-likeness (QED) is 0.619. The Kier molecular flexibility index (Phi) is 3.56. The summed E-state index contributed by atoms with van der Waals surface area (Å²) in [6, 6.07) is 6.65. The molecule has 4 amide bonds. The van der Waals surface area contributed by atoms with Crippen LogP contribution in [0.25, 0.3) is 5.57 Å². The fraction of sp³-hybridized carbons (Fsp3) is 0.214. The van der Waals surface area contributed by atoms with Gasteiger partial charge in [-0.3, -0.25) is 20.2 Å². The summed E-state index contributed by atoms with van der Waals surface area (Å²) in [5, 5.41) is 4.13. The van der Waals surface area contributed by atoms with Crippen LogP contribution >= 0.6 is 0 Å². The molecule has 0 aromatic heterocycles. The first-order chi connectivity index (χ1) is 9.40. The van der Waals surface area contributed by atoms with Gasteiger partial charge in [-0.15, -0.1) is 0 Å². The van der Waals surface area contributed by atoms with Crippen molar-refractivity contribution in [3.05, 3.63) is 35.4 Å².